The van der Waals surface area contributed by atoms with E-state index in [0.29, 0.717) is 0 Å². The van der Waals surface area contributed by atoms with Gasteiger partial charge in [0.25, 0.3) is 0 Å². The number of pyridine rings is 1. The van der Waals surface area contributed by atoms with Crippen LogP contribution in [0.5, 0.6) is 5.75 Å². The van der Waals surface area contributed by atoms with Gasteiger partial charge in [-0.1, -0.05) is 4.40 Å². The average molecular weight is 307 g/mol. The van der Waals surface area contributed by atoms with Crippen LogP contribution in [-0.4, -0.2) is 38.7 Å². The molecule has 1 atom stereocenters. The van der Waals surface area contributed by atoms with Crippen molar-refractivity contribution in [3.8, 4) is 5.75 Å². The zero-order valence-corrected chi connectivity index (χ0v) is 13.5. The van der Waals surface area contributed by atoms with E-state index in [-0.39, 0.29) is 4.75 Å². The Morgan fingerprint density at radius 2 is 2.10 bits per heavy atom. The zero-order chi connectivity index (χ0) is 15.1. The Balaban J connectivity index is 2.05. The number of nitrogens with one attached hydrogen (secondary N) is 1. The van der Waals surface area contributed by atoms with E-state index in [1.807, 2.05) is 26.8 Å². The first-order chi connectivity index (χ1) is 9.92. The van der Waals surface area contributed by atoms with Crippen LogP contribution in [0.2, 0.25) is 0 Å². The summed E-state index contributed by atoms with van der Waals surface area (Å²) < 4.78 is 22.9. The molecule has 6 heteroatoms. The largest absolute Gasteiger partial charge is 0.591 e. The van der Waals surface area contributed by atoms with Crippen LogP contribution < -0.4 is 10.1 Å². The number of rotatable bonds is 1. The van der Waals surface area contributed by atoms with Crippen LogP contribution in [0.1, 0.15) is 39.2 Å². The summed E-state index contributed by atoms with van der Waals surface area (Å²) in [4.78, 5) is 4.13. The first-order valence-corrected chi connectivity index (χ1v) is 8.38. The summed E-state index contributed by atoms with van der Waals surface area (Å²) in [7, 11) is 0. The van der Waals surface area contributed by atoms with E-state index >= 15 is 0 Å². The highest BCUT2D eigenvalue weighted by molar-refractivity contribution is 7.91. The molecule has 0 radical (unpaired) electrons. The molecule has 1 aromatic heterocycles. The minimum Gasteiger partial charge on any atom is -0.591 e. The second-order valence-electron chi connectivity index (χ2n) is 6.52. The van der Waals surface area contributed by atoms with E-state index in [4.69, 9.17) is 4.74 Å². The average Bonchev–Trinajstić information content (AvgIpc) is 2.72. The summed E-state index contributed by atoms with van der Waals surface area (Å²) in [6.07, 6.45) is 5.13. The molecular formula is C15H21N3O2S. The first kappa shape index (κ1) is 14.8. The van der Waals surface area contributed by atoms with Crippen LogP contribution in [0.25, 0.3) is 0 Å². The molecule has 0 saturated carbocycles. The summed E-state index contributed by atoms with van der Waals surface area (Å²) >= 11 is -1.29. The normalized spacial score (nSPS) is 23.9. The van der Waals surface area contributed by atoms with Crippen molar-refractivity contribution in [3.63, 3.8) is 0 Å². The Kier molecular flexibility index (Phi) is 3.71. The fourth-order valence-corrected chi connectivity index (χ4v) is 3.39. The predicted octanol–water partition coefficient (Wildman–Crippen LogP) is 1.85. The third kappa shape index (κ3) is 2.67. The molecule has 5 nitrogen and oxygen atoms in total. The number of nitrogens with zero attached hydrogens (tertiary/aromatic N) is 2. The summed E-state index contributed by atoms with van der Waals surface area (Å²) in [6, 6.07) is 1.91. The van der Waals surface area contributed by atoms with Crippen LogP contribution in [0.15, 0.2) is 22.9 Å². The van der Waals surface area contributed by atoms with Crippen molar-refractivity contribution in [1.82, 2.24) is 10.3 Å². The summed E-state index contributed by atoms with van der Waals surface area (Å²) in [5.41, 5.74) is 1.32. The number of piperidine rings is 1. The van der Waals surface area contributed by atoms with Gasteiger partial charge in [-0.2, -0.15) is 0 Å². The van der Waals surface area contributed by atoms with Crippen molar-refractivity contribution in [2.45, 2.75) is 44.0 Å². The van der Waals surface area contributed by atoms with E-state index in [9.17, 15) is 4.55 Å². The van der Waals surface area contributed by atoms with Crippen molar-refractivity contribution in [2.75, 3.05) is 13.1 Å². The molecule has 0 amide bonds. The molecule has 2 aliphatic rings. The molecule has 0 aliphatic carbocycles. The number of hydrogen-bond donors (Lipinski definition) is 1. The molecular weight excluding hydrogens is 286 g/mol. The van der Waals surface area contributed by atoms with Gasteiger partial charge in [-0.25, -0.2) is 0 Å². The number of ether oxygens (including phenoxy) is 1. The highest BCUT2D eigenvalue weighted by Gasteiger charge is 2.48. The lowest BCUT2D eigenvalue weighted by molar-refractivity contribution is 0.116. The summed E-state index contributed by atoms with van der Waals surface area (Å²) in [6.45, 7) is 7.56. The SMILES string of the molecule is CC(C)(C)[S+]([O-])/N=C1\c2ccncc2OC12CCNCC2. The van der Waals surface area contributed by atoms with Gasteiger partial charge in [-0.15, -0.1) is 0 Å². The van der Waals surface area contributed by atoms with Crippen LogP contribution in [-0.2, 0) is 11.4 Å². The van der Waals surface area contributed by atoms with Gasteiger partial charge in [0, 0.05) is 24.6 Å². The molecule has 3 rings (SSSR count). The van der Waals surface area contributed by atoms with E-state index in [1.54, 1.807) is 12.4 Å². The van der Waals surface area contributed by atoms with Crippen LogP contribution in [0.4, 0.5) is 0 Å². The van der Waals surface area contributed by atoms with E-state index in [2.05, 4.69) is 14.7 Å². The molecule has 114 valence electrons. The third-order valence-electron chi connectivity index (χ3n) is 3.89. The summed E-state index contributed by atoms with van der Waals surface area (Å²) in [5.74, 6) is 0.754. The van der Waals surface area contributed by atoms with Gasteiger partial charge in [0.05, 0.1) is 6.20 Å². The number of hydrogen-bond acceptors (Lipinski definition) is 5. The minimum absolute atomic E-state index is 0.378. The zero-order valence-electron chi connectivity index (χ0n) is 12.7. The molecule has 1 unspecified atom stereocenters. The number of aromatic nitrogens is 1. The molecule has 1 saturated heterocycles. The van der Waals surface area contributed by atoms with E-state index in [1.165, 1.54) is 0 Å². The quantitative estimate of drug-likeness (QED) is 0.804. The maximum Gasteiger partial charge on any atom is 0.158 e. The maximum atomic E-state index is 12.5. The molecule has 1 spiro atoms. The van der Waals surface area contributed by atoms with Gasteiger partial charge >= 0.3 is 0 Å². The van der Waals surface area contributed by atoms with E-state index in [0.717, 1.165) is 43.0 Å². The van der Waals surface area contributed by atoms with Gasteiger partial charge in [0.2, 0.25) is 0 Å². The first-order valence-electron chi connectivity index (χ1n) is 7.28. The van der Waals surface area contributed by atoms with Crippen molar-refractivity contribution in [1.29, 1.82) is 0 Å². The Morgan fingerprint density at radius 1 is 1.38 bits per heavy atom. The lowest BCUT2D eigenvalue weighted by Crippen LogP contribution is -2.49. The highest BCUT2D eigenvalue weighted by atomic mass is 32.2. The number of fused-ring (bicyclic) bond motifs is 1. The van der Waals surface area contributed by atoms with Crippen LogP contribution in [0, 0.1) is 0 Å². The van der Waals surface area contributed by atoms with Crippen molar-refractivity contribution in [2.24, 2.45) is 4.40 Å². The fourth-order valence-electron chi connectivity index (χ4n) is 2.68. The third-order valence-corrected chi connectivity index (χ3v) is 5.28. The molecule has 0 bridgehead atoms. The maximum absolute atomic E-state index is 12.5. The Labute approximate surface area is 128 Å². The van der Waals surface area contributed by atoms with Crippen molar-refractivity contribution < 1.29 is 9.29 Å². The molecule has 1 aromatic rings. The molecule has 1 N–H and O–H groups in total. The smallest absolute Gasteiger partial charge is 0.158 e. The Hall–Kier alpha value is -1.11. The fraction of sp³-hybridized carbons (Fsp3) is 0.600. The monoisotopic (exact) mass is 307 g/mol. The standard InChI is InChI=1S/C15H21N3O2S/c1-14(2,3)21(19)18-13-11-4-7-17-10-12(11)20-15(13)5-8-16-9-6-15/h4,7,10,16H,5-6,8-9H2,1-3H3/b18-13+. The minimum atomic E-state index is -1.29. The van der Waals surface area contributed by atoms with Gasteiger partial charge in [-0.05, 0) is 39.9 Å². The van der Waals surface area contributed by atoms with Crippen LogP contribution >= 0.6 is 0 Å². The Morgan fingerprint density at radius 3 is 2.76 bits per heavy atom. The highest BCUT2D eigenvalue weighted by Crippen LogP contribution is 2.40. The van der Waals surface area contributed by atoms with Crippen molar-refractivity contribution in [3.05, 3.63) is 24.0 Å². The van der Waals surface area contributed by atoms with Gasteiger partial charge in [-0.3, -0.25) is 4.98 Å². The second kappa shape index (κ2) is 5.26. The second-order valence-corrected chi connectivity index (χ2v) is 8.43. The van der Waals surface area contributed by atoms with Gasteiger partial charge in [0.15, 0.2) is 5.60 Å². The van der Waals surface area contributed by atoms with Gasteiger partial charge in [0.1, 0.15) is 27.6 Å². The lowest BCUT2D eigenvalue weighted by atomic mass is 9.86. The van der Waals surface area contributed by atoms with Gasteiger partial charge < -0.3 is 14.6 Å². The van der Waals surface area contributed by atoms with Crippen molar-refractivity contribution >= 4 is 17.1 Å². The van der Waals surface area contributed by atoms with Crippen LogP contribution in [0.3, 0.4) is 0 Å². The topological polar surface area (TPSA) is 69.6 Å². The van der Waals surface area contributed by atoms with E-state index < -0.39 is 17.0 Å². The molecule has 21 heavy (non-hydrogen) atoms. The molecule has 0 aromatic carbocycles. The molecule has 3 heterocycles. The summed E-state index contributed by atoms with van der Waals surface area (Å²) in [5, 5.41) is 3.34. The predicted molar refractivity (Wildman–Crippen MR) is 84.1 cm³/mol. The lowest BCUT2D eigenvalue weighted by Gasteiger charge is -2.33. The Bertz CT molecular complexity index is 562. The molecule has 1 fully saturated rings. The molecule has 2 aliphatic heterocycles.